The van der Waals surface area contributed by atoms with Crippen LogP contribution in [0.4, 0.5) is 5.69 Å². The van der Waals surface area contributed by atoms with E-state index in [-0.39, 0.29) is 11.3 Å². The zero-order valence-electron chi connectivity index (χ0n) is 16.0. The number of benzene rings is 1. The van der Waals surface area contributed by atoms with Crippen LogP contribution >= 0.6 is 0 Å². The molecule has 0 atom stereocenters. The molecule has 6 heteroatoms. The molecule has 29 heavy (non-hydrogen) atoms. The van der Waals surface area contributed by atoms with Crippen LogP contribution in [-0.4, -0.2) is 15.9 Å². The van der Waals surface area contributed by atoms with Crippen molar-refractivity contribution in [1.82, 2.24) is 15.4 Å². The Kier molecular flexibility index (Phi) is 5.32. The number of hydrogen-bond donors (Lipinski definition) is 1. The molecule has 0 spiro atoms. The minimum Gasteiger partial charge on any atom is -0.267 e. The number of carbonyl (C=O) groups is 1. The molecule has 6 nitrogen and oxygen atoms in total. The van der Waals surface area contributed by atoms with Crippen molar-refractivity contribution in [1.29, 1.82) is 5.26 Å². The zero-order valence-corrected chi connectivity index (χ0v) is 16.0. The quantitative estimate of drug-likeness (QED) is 0.655. The summed E-state index contributed by atoms with van der Waals surface area (Å²) in [4.78, 5) is 21.2. The lowest BCUT2D eigenvalue weighted by Crippen LogP contribution is -2.43. The van der Waals surface area contributed by atoms with Gasteiger partial charge in [0.15, 0.2) is 0 Å². The summed E-state index contributed by atoms with van der Waals surface area (Å²) in [6.45, 7) is 0.471. The smallest absolute Gasteiger partial charge is 0.267 e. The van der Waals surface area contributed by atoms with E-state index in [1.165, 1.54) is 5.01 Å². The third-order valence-electron chi connectivity index (χ3n) is 5.40. The van der Waals surface area contributed by atoms with Gasteiger partial charge < -0.3 is 0 Å². The van der Waals surface area contributed by atoms with E-state index in [9.17, 15) is 10.1 Å². The van der Waals surface area contributed by atoms with Crippen molar-refractivity contribution in [2.45, 2.75) is 31.2 Å². The van der Waals surface area contributed by atoms with Crippen LogP contribution in [0.15, 0.2) is 73.3 Å². The maximum absolute atomic E-state index is 13.1. The summed E-state index contributed by atoms with van der Waals surface area (Å²) in [6.07, 6.45) is 9.49. The largest absolute Gasteiger partial charge is 0.274 e. The average molecular weight is 383 g/mol. The molecule has 3 aromatic rings. The first-order chi connectivity index (χ1) is 14.2. The van der Waals surface area contributed by atoms with Gasteiger partial charge in [-0.25, -0.2) is 10.4 Å². The Hall–Kier alpha value is -3.56. The Labute approximate surface area is 169 Å². The molecule has 1 N–H and O–H groups in total. The van der Waals surface area contributed by atoms with Crippen molar-refractivity contribution in [3.8, 4) is 6.07 Å². The second kappa shape index (κ2) is 8.21. The van der Waals surface area contributed by atoms with Crippen LogP contribution in [0.1, 0.15) is 40.7 Å². The van der Waals surface area contributed by atoms with Crippen LogP contribution in [0.25, 0.3) is 0 Å². The standard InChI is InChI=1S/C23H21N5O/c24-17-23(10-2-11-23)20-4-6-21(7-5-20)28(22(29)19-3-1-12-26-16-19)27-15-18-8-13-25-14-9-18/h1,3-9,12-14,16,27H,2,10-11,15H2. The molecule has 1 saturated carbocycles. The number of nitrogens with zero attached hydrogens (tertiary/aromatic N) is 4. The molecular formula is C23H21N5O. The fourth-order valence-electron chi connectivity index (χ4n) is 3.49. The summed E-state index contributed by atoms with van der Waals surface area (Å²) in [7, 11) is 0. The molecule has 0 saturated heterocycles. The second-order valence-electron chi connectivity index (χ2n) is 7.17. The van der Waals surface area contributed by atoms with Crippen LogP contribution in [0.2, 0.25) is 0 Å². The van der Waals surface area contributed by atoms with Gasteiger partial charge in [0.1, 0.15) is 0 Å². The number of nitrogens with one attached hydrogen (secondary N) is 1. The molecular weight excluding hydrogens is 362 g/mol. The number of amides is 1. The SMILES string of the molecule is N#CC1(c2ccc(N(NCc3ccncc3)C(=O)c3cccnc3)cc2)CCC1. The fourth-order valence-corrected chi connectivity index (χ4v) is 3.49. The fraction of sp³-hybridized carbons (Fsp3) is 0.217. The van der Waals surface area contributed by atoms with E-state index >= 15 is 0 Å². The first kappa shape index (κ1) is 18.8. The number of anilines is 1. The highest BCUT2D eigenvalue weighted by molar-refractivity contribution is 6.05. The number of rotatable bonds is 6. The average Bonchev–Trinajstić information content (AvgIpc) is 2.76. The Morgan fingerprint density at radius 2 is 1.83 bits per heavy atom. The molecule has 1 amide bonds. The Balaban J connectivity index is 1.61. The number of nitriles is 1. The number of hydrogen-bond acceptors (Lipinski definition) is 5. The topological polar surface area (TPSA) is 81.9 Å². The molecule has 1 aliphatic rings. The number of hydrazine groups is 1. The van der Waals surface area contributed by atoms with Crippen LogP contribution < -0.4 is 10.4 Å². The van der Waals surface area contributed by atoms with Crippen molar-refractivity contribution >= 4 is 11.6 Å². The van der Waals surface area contributed by atoms with Crippen LogP contribution in [0.5, 0.6) is 0 Å². The molecule has 0 radical (unpaired) electrons. The maximum Gasteiger partial charge on any atom is 0.274 e. The van der Waals surface area contributed by atoms with Crippen LogP contribution in [0.3, 0.4) is 0 Å². The lowest BCUT2D eigenvalue weighted by atomic mass is 9.65. The first-order valence-corrected chi connectivity index (χ1v) is 9.60. The molecule has 1 fully saturated rings. The van der Waals surface area contributed by atoms with Crippen molar-refractivity contribution in [2.75, 3.05) is 5.01 Å². The van der Waals surface area contributed by atoms with Gasteiger partial charge >= 0.3 is 0 Å². The van der Waals surface area contributed by atoms with Gasteiger partial charge in [-0.1, -0.05) is 12.1 Å². The van der Waals surface area contributed by atoms with Gasteiger partial charge in [0.2, 0.25) is 0 Å². The highest BCUT2D eigenvalue weighted by Gasteiger charge is 2.38. The van der Waals surface area contributed by atoms with Gasteiger partial charge in [0, 0.05) is 31.3 Å². The Morgan fingerprint density at radius 1 is 1.07 bits per heavy atom. The zero-order chi connectivity index (χ0) is 20.1. The van der Waals surface area contributed by atoms with Crippen molar-refractivity contribution in [3.05, 3.63) is 90.0 Å². The molecule has 4 rings (SSSR count). The Bertz CT molecular complexity index is 1010. The van der Waals surface area contributed by atoms with Gasteiger partial charge in [0.05, 0.1) is 22.7 Å². The third-order valence-corrected chi connectivity index (χ3v) is 5.40. The highest BCUT2D eigenvalue weighted by atomic mass is 16.2. The molecule has 0 unspecified atom stereocenters. The van der Waals surface area contributed by atoms with Crippen molar-refractivity contribution < 1.29 is 4.79 Å². The summed E-state index contributed by atoms with van der Waals surface area (Å²) in [6, 6.07) is 17.4. The van der Waals surface area contributed by atoms with Gasteiger partial charge in [-0.05, 0) is 66.8 Å². The summed E-state index contributed by atoms with van der Waals surface area (Å²) in [5.74, 6) is -0.196. The van der Waals surface area contributed by atoms with Crippen LogP contribution in [0, 0.1) is 11.3 Å². The summed E-state index contributed by atoms with van der Waals surface area (Å²) in [5, 5.41) is 11.1. The van der Waals surface area contributed by atoms with E-state index in [2.05, 4.69) is 21.5 Å². The monoisotopic (exact) mass is 383 g/mol. The normalized spacial score (nSPS) is 14.4. The molecule has 144 valence electrons. The number of aromatic nitrogens is 2. The van der Waals surface area contributed by atoms with E-state index in [1.54, 1.807) is 36.9 Å². The second-order valence-corrected chi connectivity index (χ2v) is 7.17. The van der Waals surface area contributed by atoms with Gasteiger partial charge in [0.25, 0.3) is 5.91 Å². The van der Waals surface area contributed by atoms with Gasteiger partial charge in [-0.3, -0.25) is 14.8 Å². The van der Waals surface area contributed by atoms with E-state index < -0.39 is 0 Å². The maximum atomic E-state index is 13.1. The lowest BCUT2D eigenvalue weighted by molar-refractivity contribution is 0.0973. The van der Waals surface area contributed by atoms with Gasteiger partial charge in [-0.2, -0.15) is 5.26 Å². The molecule has 0 aliphatic heterocycles. The van der Waals surface area contributed by atoms with E-state index in [4.69, 9.17) is 0 Å². The first-order valence-electron chi connectivity index (χ1n) is 9.60. The molecule has 1 aromatic carbocycles. The summed E-state index contributed by atoms with van der Waals surface area (Å²) < 4.78 is 0. The minimum atomic E-state index is -0.374. The third kappa shape index (κ3) is 3.86. The molecule has 2 aromatic heterocycles. The highest BCUT2D eigenvalue weighted by Crippen LogP contribution is 2.43. The van der Waals surface area contributed by atoms with E-state index in [0.717, 1.165) is 30.4 Å². The predicted molar refractivity (Wildman–Crippen MR) is 110 cm³/mol. The van der Waals surface area contributed by atoms with E-state index in [0.29, 0.717) is 17.8 Å². The molecule has 0 bridgehead atoms. The molecule has 1 aliphatic carbocycles. The summed E-state index contributed by atoms with van der Waals surface area (Å²) in [5.41, 5.74) is 6.07. The van der Waals surface area contributed by atoms with Crippen molar-refractivity contribution in [3.63, 3.8) is 0 Å². The Morgan fingerprint density at radius 3 is 2.41 bits per heavy atom. The predicted octanol–water partition coefficient (Wildman–Crippen LogP) is 3.77. The van der Waals surface area contributed by atoms with Gasteiger partial charge in [-0.15, -0.1) is 0 Å². The lowest BCUT2D eigenvalue weighted by Gasteiger charge is -2.36. The van der Waals surface area contributed by atoms with Crippen LogP contribution in [-0.2, 0) is 12.0 Å². The molecule has 2 heterocycles. The van der Waals surface area contributed by atoms with Crippen molar-refractivity contribution in [2.24, 2.45) is 0 Å². The minimum absolute atomic E-state index is 0.196. The summed E-state index contributed by atoms with van der Waals surface area (Å²) >= 11 is 0. The number of carbonyl (C=O) groups excluding carboxylic acids is 1. The van der Waals surface area contributed by atoms with E-state index in [1.807, 2.05) is 36.4 Å². The number of pyridine rings is 2.